The van der Waals surface area contributed by atoms with E-state index in [0.29, 0.717) is 6.42 Å². The summed E-state index contributed by atoms with van der Waals surface area (Å²) in [4.78, 5) is 27.0. The van der Waals surface area contributed by atoms with Gasteiger partial charge in [-0.1, -0.05) is 12.1 Å². The predicted octanol–water partition coefficient (Wildman–Crippen LogP) is 1.79. The van der Waals surface area contributed by atoms with Gasteiger partial charge in [-0.2, -0.15) is 0 Å². The number of hydrogen-bond donors (Lipinski definition) is 0. The number of hydrogen-bond acceptors (Lipinski definition) is 3. The lowest BCUT2D eigenvalue weighted by Crippen LogP contribution is -2.31. The van der Waals surface area contributed by atoms with Crippen LogP contribution in [-0.2, 0) is 16.0 Å². The maximum Gasteiger partial charge on any atom is 0.227 e. The number of rotatable bonds is 3. The first-order valence-electron chi connectivity index (χ1n) is 6.48. The molecule has 19 heavy (non-hydrogen) atoms. The second-order valence-electron chi connectivity index (χ2n) is 5.32. The molecule has 4 heteroatoms. The molecule has 0 bridgehead atoms. The number of nitrogens with zero attached hydrogens (tertiary/aromatic N) is 2. The van der Waals surface area contributed by atoms with Crippen molar-refractivity contribution in [1.29, 1.82) is 0 Å². The fraction of sp³-hybridized carbons (Fsp3) is 0.467. The van der Waals surface area contributed by atoms with E-state index in [1.807, 2.05) is 31.1 Å². The maximum absolute atomic E-state index is 11.8. The van der Waals surface area contributed by atoms with Gasteiger partial charge in [0.2, 0.25) is 5.91 Å². The minimum atomic E-state index is -0.215. The van der Waals surface area contributed by atoms with E-state index in [2.05, 4.69) is 6.07 Å². The van der Waals surface area contributed by atoms with Gasteiger partial charge in [-0.15, -0.1) is 0 Å². The lowest BCUT2D eigenvalue weighted by Gasteiger charge is -2.28. The van der Waals surface area contributed by atoms with Crippen molar-refractivity contribution in [2.24, 2.45) is 0 Å². The molecule has 0 fully saturated rings. The van der Waals surface area contributed by atoms with Crippen LogP contribution in [0.3, 0.4) is 0 Å². The SMILES string of the molecule is CC(=O)C(c1ccc2c(c1)CCC(=O)N2C)N(C)C. The van der Waals surface area contributed by atoms with Crippen molar-refractivity contribution in [2.45, 2.75) is 25.8 Å². The Labute approximate surface area is 114 Å². The summed E-state index contributed by atoms with van der Waals surface area (Å²) in [5.41, 5.74) is 3.10. The Morgan fingerprint density at radius 2 is 2.00 bits per heavy atom. The van der Waals surface area contributed by atoms with Crippen molar-refractivity contribution in [2.75, 3.05) is 26.0 Å². The van der Waals surface area contributed by atoms with Crippen molar-refractivity contribution < 1.29 is 9.59 Å². The van der Waals surface area contributed by atoms with Gasteiger partial charge in [0.25, 0.3) is 0 Å². The highest BCUT2D eigenvalue weighted by atomic mass is 16.2. The minimum Gasteiger partial charge on any atom is -0.315 e. The molecule has 0 saturated carbocycles. The molecule has 1 atom stereocenters. The summed E-state index contributed by atoms with van der Waals surface area (Å²) in [5, 5.41) is 0. The third-order valence-corrected chi connectivity index (χ3v) is 3.66. The highest BCUT2D eigenvalue weighted by molar-refractivity contribution is 5.96. The highest BCUT2D eigenvalue weighted by Gasteiger charge is 2.24. The summed E-state index contributed by atoms with van der Waals surface area (Å²) >= 11 is 0. The fourth-order valence-corrected chi connectivity index (χ4v) is 2.74. The number of amides is 1. The van der Waals surface area contributed by atoms with Gasteiger partial charge in [0.05, 0.1) is 6.04 Å². The van der Waals surface area contributed by atoms with Gasteiger partial charge in [0.1, 0.15) is 0 Å². The van der Waals surface area contributed by atoms with E-state index in [9.17, 15) is 9.59 Å². The number of Topliss-reactive ketones (excluding diaryl/α,β-unsaturated/α-hetero) is 1. The molecule has 0 radical (unpaired) electrons. The first-order chi connectivity index (χ1) is 8.91. The molecule has 1 aromatic rings. The van der Waals surface area contributed by atoms with E-state index in [1.165, 1.54) is 0 Å². The maximum atomic E-state index is 11.8. The number of carbonyl (C=O) groups is 2. The van der Waals surface area contributed by atoms with Gasteiger partial charge in [0.15, 0.2) is 5.78 Å². The Bertz CT molecular complexity index is 523. The van der Waals surface area contributed by atoms with Crippen LogP contribution in [0.15, 0.2) is 18.2 Å². The molecular weight excluding hydrogens is 240 g/mol. The number of carbonyl (C=O) groups excluding carboxylic acids is 2. The van der Waals surface area contributed by atoms with Crippen LogP contribution in [0.1, 0.15) is 30.5 Å². The third-order valence-electron chi connectivity index (χ3n) is 3.66. The lowest BCUT2D eigenvalue weighted by atomic mass is 9.94. The standard InChI is InChI=1S/C15H20N2O2/c1-10(18)15(16(2)3)12-5-7-13-11(9-12)6-8-14(19)17(13)4/h5,7,9,15H,6,8H2,1-4H3. The van der Waals surface area contributed by atoms with E-state index in [1.54, 1.807) is 18.9 Å². The van der Waals surface area contributed by atoms with Crippen LogP contribution in [0.2, 0.25) is 0 Å². The van der Waals surface area contributed by atoms with E-state index in [-0.39, 0.29) is 17.7 Å². The Morgan fingerprint density at radius 3 is 2.58 bits per heavy atom. The van der Waals surface area contributed by atoms with Gasteiger partial charge < -0.3 is 4.90 Å². The topological polar surface area (TPSA) is 40.6 Å². The molecule has 1 aliphatic heterocycles. The van der Waals surface area contributed by atoms with Crippen LogP contribution in [-0.4, -0.2) is 37.7 Å². The van der Waals surface area contributed by atoms with Crippen molar-refractivity contribution in [3.63, 3.8) is 0 Å². The fourth-order valence-electron chi connectivity index (χ4n) is 2.74. The first-order valence-corrected chi connectivity index (χ1v) is 6.48. The predicted molar refractivity (Wildman–Crippen MR) is 75.3 cm³/mol. The van der Waals surface area contributed by atoms with Crippen molar-refractivity contribution in [3.05, 3.63) is 29.3 Å². The molecule has 102 valence electrons. The van der Waals surface area contributed by atoms with E-state index in [4.69, 9.17) is 0 Å². The summed E-state index contributed by atoms with van der Waals surface area (Å²) in [7, 11) is 5.61. The van der Waals surface area contributed by atoms with Crippen molar-refractivity contribution in [1.82, 2.24) is 4.90 Å². The van der Waals surface area contributed by atoms with E-state index >= 15 is 0 Å². The lowest BCUT2D eigenvalue weighted by molar-refractivity contribution is -0.121. The van der Waals surface area contributed by atoms with Crippen LogP contribution in [0.4, 0.5) is 5.69 Å². The molecule has 4 nitrogen and oxygen atoms in total. The average Bonchev–Trinajstić information content (AvgIpc) is 2.33. The summed E-state index contributed by atoms with van der Waals surface area (Å²) in [5.74, 6) is 0.279. The van der Waals surface area contributed by atoms with Crippen molar-refractivity contribution >= 4 is 17.4 Å². The number of benzene rings is 1. The summed E-state index contributed by atoms with van der Waals surface area (Å²) < 4.78 is 0. The van der Waals surface area contributed by atoms with Crippen LogP contribution in [0.5, 0.6) is 0 Å². The molecular formula is C15H20N2O2. The number of fused-ring (bicyclic) bond motifs is 1. The Kier molecular flexibility index (Phi) is 3.71. The molecule has 1 heterocycles. The number of anilines is 1. The Morgan fingerprint density at radius 1 is 1.32 bits per heavy atom. The minimum absolute atomic E-state index is 0.130. The second-order valence-corrected chi connectivity index (χ2v) is 5.32. The summed E-state index contributed by atoms with van der Waals surface area (Å²) in [6.45, 7) is 1.61. The molecule has 0 aromatic heterocycles. The molecule has 1 amide bonds. The molecule has 1 aromatic carbocycles. The molecule has 0 spiro atoms. The van der Waals surface area contributed by atoms with Crippen LogP contribution < -0.4 is 4.90 Å². The van der Waals surface area contributed by atoms with Gasteiger partial charge in [-0.25, -0.2) is 0 Å². The van der Waals surface area contributed by atoms with Crippen LogP contribution >= 0.6 is 0 Å². The van der Waals surface area contributed by atoms with Gasteiger partial charge >= 0.3 is 0 Å². The second kappa shape index (κ2) is 5.13. The Balaban J connectivity index is 2.41. The van der Waals surface area contributed by atoms with E-state index < -0.39 is 0 Å². The van der Waals surface area contributed by atoms with Gasteiger partial charge in [-0.3, -0.25) is 14.5 Å². The monoisotopic (exact) mass is 260 g/mol. The van der Waals surface area contributed by atoms with Crippen molar-refractivity contribution in [3.8, 4) is 0 Å². The zero-order valence-corrected chi connectivity index (χ0v) is 11.9. The van der Waals surface area contributed by atoms with Gasteiger partial charge in [0, 0.05) is 19.2 Å². The number of aryl methyl sites for hydroxylation is 1. The quantitative estimate of drug-likeness (QED) is 0.832. The number of ketones is 1. The molecule has 0 N–H and O–H groups in total. The zero-order chi connectivity index (χ0) is 14.2. The normalized spacial score (nSPS) is 16.5. The Hall–Kier alpha value is -1.68. The van der Waals surface area contributed by atoms with Crippen LogP contribution in [0, 0.1) is 0 Å². The third kappa shape index (κ3) is 2.54. The van der Waals surface area contributed by atoms with E-state index in [0.717, 1.165) is 23.2 Å². The molecule has 1 aliphatic rings. The molecule has 0 saturated heterocycles. The highest BCUT2D eigenvalue weighted by Crippen LogP contribution is 2.30. The van der Waals surface area contributed by atoms with Gasteiger partial charge in [-0.05, 0) is 44.6 Å². The zero-order valence-electron chi connectivity index (χ0n) is 11.9. The first kappa shape index (κ1) is 13.7. The largest absolute Gasteiger partial charge is 0.315 e. The summed E-state index contributed by atoms with van der Waals surface area (Å²) in [6.07, 6.45) is 1.30. The smallest absolute Gasteiger partial charge is 0.227 e. The summed E-state index contributed by atoms with van der Waals surface area (Å²) in [6, 6.07) is 5.74. The number of likely N-dealkylation sites (N-methyl/N-ethyl adjacent to an activating group) is 1. The molecule has 1 unspecified atom stereocenters. The average molecular weight is 260 g/mol. The molecule has 2 rings (SSSR count). The van der Waals surface area contributed by atoms with Crippen LogP contribution in [0.25, 0.3) is 0 Å². The molecule has 0 aliphatic carbocycles.